The first-order valence-electron chi connectivity index (χ1n) is 7.53. The van der Waals surface area contributed by atoms with Crippen molar-refractivity contribution in [1.82, 2.24) is 0 Å². The van der Waals surface area contributed by atoms with Gasteiger partial charge >= 0.3 is 0 Å². The summed E-state index contributed by atoms with van der Waals surface area (Å²) in [5.41, 5.74) is 9.20. The van der Waals surface area contributed by atoms with Crippen molar-refractivity contribution in [3.63, 3.8) is 0 Å². The molecule has 0 amide bonds. The minimum atomic E-state index is 0.244. The number of nitrogens with two attached hydrogens (primary N) is 1. The Labute approximate surface area is 112 Å². The first-order valence-corrected chi connectivity index (χ1v) is 7.53. The van der Waals surface area contributed by atoms with Crippen molar-refractivity contribution in [3.8, 4) is 0 Å². The summed E-state index contributed by atoms with van der Waals surface area (Å²) in [5, 5.41) is 0. The zero-order valence-corrected chi connectivity index (χ0v) is 11.9. The average molecular weight is 245 g/mol. The molecule has 0 aromatic heterocycles. The SMILES string of the molecule is CCCC1CCC(C(N)c2ccccc2C)CC1. The van der Waals surface area contributed by atoms with Crippen LogP contribution in [0, 0.1) is 18.8 Å². The van der Waals surface area contributed by atoms with E-state index in [1.165, 1.54) is 49.7 Å². The Morgan fingerprint density at radius 3 is 2.44 bits per heavy atom. The number of rotatable bonds is 4. The van der Waals surface area contributed by atoms with Crippen molar-refractivity contribution >= 4 is 0 Å². The van der Waals surface area contributed by atoms with E-state index in [0.717, 1.165) is 5.92 Å². The van der Waals surface area contributed by atoms with E-state index >= 15 is 0 Å². The lowest BCUT2D eigenvalue weighted by molar-refractivity contribution is 0.234. The number of hydrogen-bond acceptors (Lipinski definition) is 1. The van der Waals surface area contributed by atoms with E-state index in [1.54, 1.807) is 0 Å². The minimum Gasteiger partial charge on any atom is -0.324 e. The van der Waals surface area contributed by atoms with Gasteiger partial charge in [-0.2, -0.15) is 0 Å². The minimum absolute atomic E-state index is 0.244. The van der Waals surface area contributed by atoms with Crippen LogP contribution in [0.3, 0.4) is 0 Å². The van der Waals surface area contributed by atoms with Crippen molar-refractivity contribution < 1.29 is 0 Å². The molecule has 2 N–H and O–H groups in total. The normalized spacial score (nSPS) is 25.9. The molecule has 1 aromatic rings. The van der Waals surface area contributed by atoms with Crippen LogP contribution in [0.25, 0.3) is 0 Å². The van der Waals surface area contributed by atoms with Crippen LogP contribution in [-0.2, 0) is 0 Å². The fraction of sp³-hybridized carbons (Fsp3) is 0.647. The third-order valence-electron chi connectivity index (χ3n) is 4.64. The van der Waals surface area contributed by atoms with E-state index in [2.05, 4.69) is 38.1 Å². The molecule has 100 valence electrons. The van der Waals surface area contributed by atoms with E-state index in [-0.39, 0.29) is 6.04 Å². The van der Waals surface area contributed by atoms with Gasteiger partial charge in [0.25, 0.3) is 0 Å². The van der Waals surface area contributed by atoms with E-state index in [4.69, 9.17) is 5.73 Å². The lowest BCUT2D eigenvalue weighted by Gasteiger charge is -2.32. The Balaban J connectivity index is 1.95. The molecule has 1 atom stereocenters. The van der Waals surface area contributed by atoms with Crippen LogP contribution in [0.4, 0.5) is 0 Å². The van der Waals surface area contributed by atoms with Gasteiger partial charge in [0.1, 0.15) is 0 Å². The van der Waals surface area contributed by atoms with Crippen molar-refractivity contribution in [2.75, 3.05) is 0 Å². The van der Waals surface area contributed by atoms with Crippen LogP contribution in [-0.4, -0.2) is 0 Å². The fourth-order valence-electron chi connectivity index (χ4n) is 3.46. The maximum Gasteiger partial charge on any atom is 0.0326 e. The average Bonchev–Trinajstić information content (AvgIpc) is 2.40. The molecule has 0 saturated heterocycles. The number of hydrogen-bond donors (Lipinski definition) is 1. The van der Waals surface area contributed by atoms with Crippen LogP contribution >= 0.6 is 0 Å². The topological polar surface area (TPSA) is 26.0 Å². The Kier molecular flexibility index (Phi) is 4.82. The van der Waals surface area contributed by atoms with E-state index < -0.39 is 0 Å². The molecular weight excluding hydrogens is 218 g/mol. The van der Waals surface area contributed by atoms with Gasteiger partial charge in [-0.3, -0.25) is 0 Å². The molecule has 1 fully saturated rings. The predicted octanol–water partition coefficient (Wildman–Crippen LogP) is 4.60. The monoisotopic (exact) mass is 245 g/mol. The number of benzene rings is 1. The standard InChI is InChI=1S/C17H27N/c1-3-6-14-9-11-15(12-10-14)17(18)16-8-5-4-7-13(16)2/h4-5,7-8,14-15,17H,3,6,9-12,18H2,1-2H3. The summed E-state index contributed by atoms with van der Waals surface area (Å²) < 4.78 is 0. The van der Waals surface area contributed by atoms with Crippen LogP contribution in [0.1, 0.15) is 62.6 Å². The molecule has 1 nitrogen and oxygen atoms in total. The summed E-state index contributed by atoms with van der Waals surface area (Å²) in [6.07, 6.45) is 8.15. The van der Waals surface area contributed by atoms with Gasteiger partial charge < -0.3 is 5.73 Å². The van der Waals surface area contributed by atoms with Crippen LogP contribution in [0.5, 0.6) is 0 Å². The molecule has 1 aromatic carbocycles. The molecule has 0 aliphatic heterocycles. The van der Waals surface area contributed by atoms with Gasteiger partial charge in [0.05, 0.1) is 0 Å². The second-order valence-corrected chi connectivity index (χ2v) is 5.95. The van der Waals surface area contributed by atoms with Gasteiger partial charge in [-0.25, -0.2) is 0 Å². The number of aryl methyl sites for hydroxylation is 1. The summed E-state index contributed by atoms with van der Waals surface area (Å²) >= 11 is 0. The first-order chi connectivity index (χ1) is 8.72. The molecule has 1 unspecified atom stereocenters. The molecule has 1 saturated carbocycles. The van der Waals surface area contributed by atoms with Gasteiger partial charge in [0, 0.05) is 6.04 Å². The molecule has 1 aliphatic rings. The molecular formula is C17H27N. The molecule has 1 aliphatic carbocycles. The largest absolute Gasteiger partial charge is 0.324 e. The summed E-state index contributed by atoms with van der Waals surface area (Å²) in [6.45, 7) is 4.48. The van der Waals surface area contributed by atoms with Gasteiger partial charge in [0.15, 0.2) is 0 Å². The Morgan fingerprint density at radius 1 is 1.17 bits per heavy atom. The summed E-state index contributed by atoms with van der Waals surface area (Å²) in [7, 11) is 0. The fourth-order valence-corrected chi connectivity index (χ4v) is 3.46. The highest BCUT2D eigenvalue weighted by Crippen LogP contribution is 2.37. The molecule has 0 heterocycles. The smallest absolute Gasteiger partial charge is 0.0326 e. The van der Waals surface area contributed by atoms with Gasteiger partial charge in [-0.15, -0.1) is 0 Å². The van der Waals surface area contributed by atoms with Crippen molar-refractivity contribution in [3.05, 3.63) is 35.4 Å². The highest BCUT2D eigenvalue weighted by molar-refractivity contribution is 5.29. The van der Waals surface area contributed by atoms with E-state index in [1.807, 2.05) is 0 Å². The first kappa shape index (κ1) is 13.6. The lowest BCUT2D eigenvalue weighted by atomic mass is 9.75. The summed E-state index contributed by atoms with van der Waals surface area (Å²) in [6, 6.07) is 8.85. The zero-order valence-electron chi connectivity index (χ0n) is 11.9. The maximum atomic E-state index is 6.49. The maximum absolute atomic E-state index is 6.49. The zero-order chi connectivity index (χ0) is 13.0. The molecule has 0 spiro atoms. The lowest BCUT2D eigenvalue weighted by Crippen LogP contribution is -2.26. The molecule has 0 radical (unpaired) electrons. The van der Waals surface area contributed by atoms with Gasteiger partial charge in [-0.05, 0) is 42.7 Å². The second-order valence-electron chi connectivity index (χ2n) is 5.95. The van der Waals surface area contributed by atoms with Gasteiger partial charge in [0.2, 0.25) is 0 Å². The van der Waals surface area contributed by atoms with Gasteiger partial charge in [-0.1, -0.05) is 56.9 Å². The summed E-state index contributed by atoms with van der Waals surface area (Å²) in [4.78, 5) is 0. The van der Waals surface area contributed by atoms with Crippen LogP contribution in [0.15, 0.2) is 24.3 Å². The third kappa shape index (κ3) is 3.14. The molecule has 2 rings (SSSR count). The molecule has 1 heteroatoms. The van der Waals surface area contributed by atoms with Crippen molar-refractivity contribution in [1.29, 1.82) is 0 Å². The van der Waals surface area contributed by atoms with E-state index in [0.29, 0.717) is 5.92 Å². The Hall–Kier alpha value is -0.820. The highest BCUT2D eigenvalue weighted by atomic mass is 14.7. The third-order valence-corrected chi connectivity index (χ3v) is 4.64. The Morgan fingerprint density at radius 2 is 1.83 bits per heavy atom. The summed E-state index contributed by atoms with van der Waals surface area (Å²) in [5.74, 6) is 1.66. The predicted molar refractivity (Wildman–Crippen MR) is 78.5 cm³/mol. The quantitative estimate of drug-likeness (QED) is 0.824. The second kappa shape index (κ2) is 6.38. The molecule has 18 heavy (non-hydrogen) atoms. The van der Waals surface area contributed by atoms with Crippen molar-refractivity contribution in [2.45, 2.75) is 58.4 Å². The highest BCUT2D eigenvalue weighted by Gasteiger charge is 2.26. The van der Waals surface area contributed by atoms with E-state index in [9.17, 15) is 0 Å². The van der Waals surface area contributed by atoms with Crippen molar-refractivity contribution in [2.24, 2.45) is 17.6 Å². The van der Waals surface area contributed by atoms with Crippen LogP contribution in [0.2, 0.25) is 0 Å². The Bertz CT molecular complexity index is 364. The molecule has 0 bridgehead atoms. The van der Waals surface area contributed by atoms with Crippen LogP contribution < -0.4 is 5.73 Å².